The molecule has 0 aliphatic heterocycles. The zero-order chi connectivity index (χ0) is 22.2. The molecule has 1 atom stereocenters. The molecular weight excluding hydrogens is 428 g/mol. The second kappa shape index (κ2) is 8.79. The molecule has 0 saturated carbocycles. The van der Waals surface area contributed by atoms with Crippen LogP contribution in [0.1, 0.15) is 43.2 Å². The monoisotopic (exact) mass is 456 g/mol. The number of ether oxygens (including phenoxy) is 1. The molecule has 1 unspecified atom stereocenters. The lowest BCUT2D eigenvalue weighted by Crippen LogP contribution is -2.27. The molecule has 31 heavy (non-hydrogen) atoms. The highest BCUT2D eigenvalue weighted by molar-refractivity contribution is 7.99. The third kappa shape index (κ3) is 4.58. The highest BCUT2D eigenvalue weighted by atomic mass is 32.2. The first-order valence-corrected chi connectivity index (χ1v) is 12.4. The highest BCUT2D eigenvalue weighted by Gasteiger charge is 2.32. The first-order chi connectivity index (χ1) is 14.8. The summed E-state index contributed by atoms with van der Waals surface area (Å²) >= 11 is 2.91. The molecule has 1 aliphatic carbocycles. The largest absolute Gasteiger partial charge is 0.468 e. The standard InChI is InChI=1S/C24H28N2O3S2/c1-24(2,3)16-10-11-17-18(12-16)31-21-20(17)22(28)26(13-15-8-6-5-7-9-15)23(25-21)30-14-19(27)29-4/h5-9,16H,10-14H2,1-4H3. The third-order valence-corrected chi connectivity index (χ3v) is 8.19. The fraction of sp³-hybridized carbons (Fsp3) is 0.458. The molecule has 1 aliphatic rings. The van der Waals surface area contributed by atoms with E-state index in [9.17, 15) is 9.59 Å². The Kier molecular flexibility index (Phi) is 6.26. The SMILES string of the molecule is COC(=O)CSc1nc2sc3c(c2c(=O)n1Cc1ccccc1)CCC(C(C)(C)C)C3. The number of fused-ring (bicyclic) bond motifs is 3. The van der Waals surface area contributed by atoms with E-state index in [1.807, 2.05) is 30.3 Å². The zero-order valence-corrected chi connectivity index (χ0v) is 20.1. The van der Waals surface area contributed by atoms with Crippen LogP contribution in [0.15, 0.2) is 40.3 Å². The van der Waals surface area contributed by atoms with Gasteiger partial charge in [-0.1, -0.05) is 62.9 Å². The Morgan fingerprint density at radius 2 is 2.03 bits per heavy atom. The van der Waals surface area contributed by atoms with Gasteiger partial charge in [0.15, 0.2) is 5.16 Å². The number of benzene rings is 1. The maximum Gasteiger partial charge on any atom is 0.316 e. The van der Waals surface area contributed by atoms with E-state index < -0.39 is 0 Å². The van der Waals surface area contributed by atoms with Crippen molar-refractivity contribution in [1.29, 1.82) is 0 Å². The molecule has 3 aromatic rings. The molecule has 0 spiro atoms. The molecule has 7 heteroatoms. The Labute approximate surface area is 190 Å². The first-order valence-electron chi connectivity index (χ1n) is 10.6. The van der Waals surface area contributed by atoms with Gasteiger partial charge in [0.25, 0.3) is 5.56 Å². The van der Waals surface area contributed by atoms with E-state index in [1.54, 1.807) is 15.9 Å². The van der Waals surface area contributed by atoms with Crippen LogP contribution in [0, 0.1) is 11.3 Å². The summed E-state index contributed by atoms with van der Waals surface area (Å²) in [5, 5.41) is 1.34. The number of esters is 1. The summed E-state index contributed by atoms with van der Waals surface area (Å²) in [4.78, 5) is 32.4. The molecule has 1 aromatic carbocycles. The maximum atomic E-state index is 13.7. The van der Waals surface area contributed by atoms with Crippen LogP contribution in [0.5, 0.6) is 0 Å². The van der Waals surface area contributed by atoms with Crippen LogP contribution >= 0.6 is 23.1 Å². The fourth-order valence-electron chi connectivity index (χ4n) is 4.18. The number of nitrogens with zero attached hydrogens (tertiary/aromatic N) is 2. The number of carbonyl (C=O) groups is 1. The number of methoxy groups -OCH3 is 1. The molecule has 4 rings (SSSR count). The van der Waals surface area contributed by atoms with Crippen molar-refractivity contribution in [1.82, 2.24) is 9.55 Å². The van der Waals surface area contributed by atoms with Crippen molar-refractivity contribution >= 4 is 39.3 Å². The molecule has 2 heterocycles. The van der Waals surface area contributed by atoms with Crippen molar-refractivity contribution in [3.8, 4) is 0 Å². The molecule has 0 saturated heterocycles. The molecule has 0 radical (unpaired) electrons. The predicted octanol–water partition coefficient (Wildman–Crippen LogP) is 4.92. The number of thioether (sulfide) groups is 1. The maximum absolute atomic E-state index is 13.7. The number of carbonyl (C=O) groups excluding carboxylic acids is 1. The number of aryl methyl sites for hydroxylation is 1. The van der Waals surface area contributed by atoms with Crippen LogP contribution in [0.3, 0.4) is 0 Å². The molecule has 0 amide bonds. The van der Waals surface area contributed by atoms with E-state index in [1.165, 1.54) is 29.3 Å². The number of hydrogen-bond donors (Lipinski definition) is 0. The van der Waals surface area contributed by atoms with Gasteiger partial charge in [0.05, 0.1) is 24.8 Å². The summed E-state index contributed by atoms with van der Waals surface area (Å²) in [6, 6.07) is 9.89. The van der Waals surface area contributed by atoms with Crippen LogP contribution in [0.25, 0.3) is 10.2 Å². The Balaban J connectivity index is 1.80. The molecule has 0 N–H and O–H groups in total. The van der Waals surface area contributed by atoms with Crippen LogP contribution in [-0.2, 0) is 28.9 Å². The normalized spacial score (nSPS) is 16.3. The molecule has 0 fully saturated rings. The topological polar surface area (TPSA) is 61.2 Å². The predicted molar refractivity (Wildman–Crippen MR) is 127 cm³/mol. The summed E-state index contributed by atoms with van der Waals surface area (Å²) in [5.74, 6) is 0.400. The fourth-order valence-corrected chi connectivity index (χ4v) is 6.35. The van der Waals surface area contributed by atoms with E-state index in [2.05, 4.69) is 20.8 Å². The van der Waals surface area contributed by atoms with Gasteiger partial charge in [0.2, 0.25) is 0 Å². The minimum absolute atomic E-state index is 0.00655. The number of hydrogen-bond acceptors (Lipinski definition) is 6. The number of thiophene rings is 1. The van der Waals surface area contributed by atoms with E-state index in [4.69, 9.17) is 9.72 Å². The lowest BCUT2D eigenvalue weighted by molar-refractivity contribution is -0.137. The summed E-state index contributed by atoms with van der Waals surface area (Å²) < 4.78 is 6.50. The van der Waals surface area contributed by atoms with E-state index in [-0.39, 0.29) is 22.7 Å². The summed E-state index contributed by atoms with van der Waals surface area (Å²) in [5.41, 5.74) is 2.45. The average molecular weight is 457 g/mol. The zero-order valence-electron chi connectivity index (χ0n) is 18.4. The number of rotatable bonds is 5. The van der Waals surface area contributed by atoms with E-state index >= 15 is 0 Å². The smallest absolute Gasteiger partial charge is 0.316 e. The summed E-state index contributed by atoms with van der Waals surface area (Å²) in [7, 11) is 1.37. The quantitative estimate of drug-likeness (QED) is 0.310. The van der Waals surface area contributed by atoms with Crippen LogP contribution in [0.4, 0.5) is 0 Å². The summed E-state index contributed by atoms with van der Waals surface area (Å²) in [6.07, 6.45) is 3.02. The Hall–Kier alpha value is -2.12. The Morgan fingerprint density at radius 1 is 1.29 bits per heavy atom. The van der Waals surface area contributed by atoms with Crippen molar-refractivity contribution in [2.24, 2.45) is 11.3 Å². The van der Waals surface area contributed by atoms with Gasteiger partial charge in [0, 0.05) is 4.88 Å². The lowest BCUT2D eigenvalue weighted by atomic mass is 9.72. The lowest BCUT2D eigenvalue weighted by Gasteiger charge is -2.33. The van der Waals surface area contributed by atoms with E-state index in [0.717, 1.165) is 35.0 Å². The van der Waals surface area contributed by atoms with Crippen molar-refractivity contribution in [2.75, 3.05) is 12.9 Å². The van der Waals surface area contributed by atoms with Gasteiger partial charge < -0.3 is 4.74 Å². The first kappa shape index (κ1) is 22.1. The van der Waals surface area contributed by atoms with Crippen molar-refractivity contribution < 1.29 is 9.53 Å². The minimum Gasteiger partial charge on any atom is -0.468 e. The van der Waals surface area contributed by atoms with Gasteiger partial charge in [0.1, 0.15) is 4.83 Å². The second-order valence-electron chi connectivity index (χ2n) is 9.13. The van der Waals surface area contributed by atoms with Crippen LogP contribution < -0.4 is 5.56 Å². The molecular formula is C24H28N2O3S2. The van der Waals surface area contributed by atoms with Crippen molar-refractivity contribution in [3.63, 3.8) is 0 Å². The van der Waals surface area contributed by atoms with Gasteiger partial charge in [-0.2, -0.15) is 0 Å². The second-order valence-corrected chi connectivity index (χ2v) is 11.2. The Bertz CT molecular complexity index is 1160. The van der Waals surface area contributed by atoms with Gasteiger partial charge in [-0.05, 0) is 41.7 Å². The average Bonchev–Trinajstić information content (AvgIpc) is 3.12. The molecule has 2 aromatic heterocycles. The summed E-state index contributed by atoms with van der Waals surface area (Å²) in [6.45, 7) is 7.31. The van der Waals surface area contributed by atoms with Gasteiger partial charge in [-0.15, -0.1) is 11.3 Å². The molecule has 5 nitrogen and oxygen atoms in total. The van der Waals surface area contributed by atoms with Crippen molar-refractivity contribution in [2.45, 2.75) is 51.7 Å². The van der Waals surface area contributed by atoms with Gasteiger partial charge in [-0.25, -0.2) is 4.98 Å². The Morgan fingerprint density at radius 3 is 2.71 bits per heavy atom. The highest BCUT2D eigenvalue weighted by Crippen LogP contribution is 2.42. The van der Waals surface area contributed by atoms with E-state index in [0.29, 0.717) is 17.6 Å². The van der Waals surface area contributed by atoms with Gasteiger partial charge >= 0.3 is 5.97 Å². The van der Waals surface area contributed by atoms with Crippen molar-refractivity contribution in [3.05, 3.63) is 56.7 Å². The van der Waals surface area contributed by atoms with Crippen LogP contribution in [0.2, 0.25) is 0 Å². The van der Waals surface area contributed by atoms with Crippen LogP contribution in [-0.4, -0.2) is 28.4 Å². The molecule has 0 bridgehead atoms. The minimum atomic E-state index is -0.330. The third-order valence-electron chi connectivity index (χ3n) is 6.09. The number of aromatic nitrogens is 2. The van der Waals surface area contributed by atoms with Gasteiger partial charge in [-0.3, -0.25) is 14.2 Å². The molecule has 164 valence electrons.